The quantitative estimate of drug-likeness (QED) is 0.815. The molecule has 0 bridgehead atoms. The van der Waals surface area contributed by atoms with Crippen LogP contribution in [0.3, 0.4) is 0 Å². The topological polar surface area (TPSA) is 62.1 Å². The van der Waals surface area contributed by atoms with Crippen molar-refractivity contribution in [2.45, 2.75) is 13.8 Å². The van der Waals surface area contributed by atoms with Gasteiger partial charge >= 0.3 is 6.09 Å². The SMILES string of the molecule is CCOC(=O)Nc1scc(C)c1C#N. The molecular formula is C9H10N2O2S. The van der Waals surface area contributed by atoms with E-state index in [1.54, 1.807) is 6.92 Å². The first-order valence-corrected chi connectivity index (χ1v) is 4.99. The number of nitriles is 1. The predicted octanol–water partition coefficient (Wildman–Crippen LogP) is 2.50. The number of thiophene rings is 1. The standard InChI is InChI=1S/C9H10N2O2S/c1-3-13-9(12)11-8-7(4-10)6(2)5-14-8/h5H,3H2,1-2H3,(H,11,12). The minimum absolute atomic E-state index is 0.318. The molecule has 1 aromatic heterocycles. The van der Waals surface area contributed by atoms with Crippen LogP contribution in [0.2, 0.25) is 0 Å². The first-order valence-electron chi connectivity index (χ1n) is 4.11. The lowest BCUT2D eigenvalue weighted by Crippen LogP contribution is -2.13. The predicted molar refractivity (Wildman–Crippen MR) is 54.4 cm³/mol. The van der Waals surface area contributed by atoms with Crippen LogP contribution in [0.4, 0.5) is 9.80 Å². The fourth-order valence-electron chi connectivity index (χ4n) is 0.935. The number of hydrogen-bond acceptors (Lipinski definition) is 4. The van der Waals surface area contributed by atoms with Crippen molar-refractivity contribution in [3.05, 3.63) is 16.5 Å². The summed E-state index contributed by atoms with van der Waals surface area (Å²) in [6.07, 6.45) is -0.522. The van der Waals surface area contributed by atoms with Crippen molar-refractivity contribution in [1.82, 2.24) is 0 Å². The molecule has 0 aliphatic carbocycles. The zero-order valence-corrected chi connectivity index (χ0v) is 8.77. The van der Waals surface area contributed by atoms with Gasteiger partial charge in [0.1, 0.15) is 11.1 Å². The minimum atomic E-state index is -0.522. The number of nitrogens with zero attached hydrogens (tertiary/aromatic N) is 1. The highest BCUT2D eigenvalue weighted by atomic mass is 32.1. The lowest BCUT2D eigenvalue weighted by molar-refractivity contribution is 0.168. The van der Waals surface area contributed by atoms with Crippen LogP contribution >= 0.6 is 11.3 Å². The second kappa shape index (κ2) is 4.63. The van der Waals surface area contributed by atoms with Crippen molar-refractivity contribution in [3.8, 4) is 6.07 Å². The van der Waals surface area contributed by atoms with Gasteiger partial charge in [0.05, 0.1) is 12.2 Å². The number of aryl methyl sites for hydroxylation is 1. The van der Waals surface area contributed by atoms with Gasteiger partial charge in [-0.2, -0.15) is 5.26 Å². The van der Waals surface area contributed by atoms with E-state index in [1.807, 2.05) is 18.4 Å². The highest BCUT2D eigenvalue weighted by Gasteiger charge is 2.11. The second-order valence-corrected chi connectivity index (χ2v) is 3.46. The average molecular weight is 210 g/mol. The number of anilines is 1. The molecule has 0 aromatic carbocycles. The Morgan fingerprint density at radius 1 is 1.79 bits per heavy atom. The third-order valence-corrected chi connectivity index (χ3v) is 2.59. The molecule has 0 saturated heterocycles. The van der Waals surface area contributed by atoms with E-state index >= 15 is 0 Å². The van der Waals surface area contributed by atoms with Crippen LogP contribution in [-0.2, 0) is 4.74 Å². The summed E-state index contributed by atoms with van der Waals surface area (Å²) in [6.45, 7) is 3.87. The summed E-state index contributed by atoms with van der Waals surface area (Å²) in [5, 5.41) is 13.7. The molecule has 1 amide bonds. The van der Waals surface area contributed by atoms with Gasteiger partial charge in [-0.3, -0.25) is 5.32 Å². The van der Waals surface area contributed by atoms with Crippen LogP contribution in [-0.4, -0.2) is 12.7 Å². The van der Waals surface area contributed by atoms with E-state index in [1.165, 1.54) is 11.3 Å². The second-order valence-electron chi connectivity index (χ2n) is 2.58. The maximum absolute atomic E-state index is 11.1. The van der Waals surface area contributed by atoms with Gasteiger partial charge in [0, 0.05) is 0 Å². The van der Waals surface area contributed by atoms with Crippen LogP contribution in [0, 0.1) is 18.3 Å². The number of amides is 1. The average Bonchev–Trinajstić information content (AvgIpc) is 2.47. The van der Waals surface area contributed by atoms with Crippen molar-refractivity contribution in [3.63, 3.8) is 0 Å². The Morgan fingerprint density at radius 2 is 2.50 bits per heavy atom. The number of ether oxygens (including phenoxy) is 1. The van der Waals surface area contributed by atoms with E-state index < -0.39 is 6.09 Å². The molecule has 0 aliphatic heterocycles. The molecule has 0 unspecified atom stereocenters. The highest BCUT2D eigenvalue weighted by molar-refractivity contribution is 7.14. The van der Waals surface area contributed by atoms with Crippen LogP contribution in [0.15, 0.2) is 5.38 Å². The van der Waals surface area contributed by atoms with Crippen molar-refractivity contribution in [1.29, 1.82) is 5.26 Å². The maximum Gasteiger partial charge on any atom is 0.412 e. The molecule has 0 atom stereocenters. The van der Waals surface area contributed by atoms with E-state index in [-0.39, 0.29) is 0 Å². The van der Waals surface area contributed by atoms with Crippen LogP contribution in [0.1, 0.15) is 18.1 Å². The van der Waals surface area contributed by atoms with Gasteiger partial charge in [0.15, 0.2) is 0 Å². The highest BCUT2D eigenvalue weighted by Crippen LogP contribution is 2.26. The summed E-state index contributed by atoms with van der Waals surface area (Å²) in [4.78, 5) is 11.1. The van der Waals surface area contributed by atoms with E-state index in [0.717, 1.165) is 5.56 Å². The number of rotatable bonds is 2. The monoisotopic (exact) mass is 210 g/mol. The molecule has 1 N–H and O–H groups in total. The Bertz CT molecular complexity index is 379. The van der Waals surface area contributed by atoms with Gasteiger partial charge in [0.2, 0.25) is 0 Å². The third kappa shape index (κ3) is 2.24. The van der Waals surface area contributed by atoms with Crippen molar-refractivity contribution >= 4 is 22.4 Å². The molecule has 0 fully saturated rings. The van der Waals surface area contributed by atoms with Crippen LogP contribution < -0.4 is 5.32 Å². The molecule has 4 nitrogen and oxygen atoms in total. The Morgan fingerprint density at radius 3 is 3.07 bits per heavy atom. The third-order valence-electron chi connectivity index (χ3n) is 1.58. The molecule has 0 aliphatic rings. The Kier molecular flexibility index (Phi) is 3.48. The van der Waals surface area contributed by atoms with Gasteiger partial charge in [-0.05, 0) is 24.8 Å². The molecule has 1 aromatic rings. The fraction of sp³-hybridized carbons (Fsp3) is 0.333. The summed E-state index contributed by atoms with van der Waals surface area (Å²) in [6, 6.07) is 2.03. The molecule has 1 heterocycles. The smallest absolute Gasteiger partial charge is 0.412 e. The van der Waals surface area contributed by atoms with Crippen molar-refractivity contribution < 1.29 is 9.53 Å². The van der Waals surface area contributed by atoms with Gasteiger partial charge in [-0.15, -0.1) is 11.3 Å². The number of hydrogen-bond donors (Lipinski definition) is 1. The van der Waals surface area contributed by atoms with Gasteiger partial charge < -0.3 is 4.74 Å². The summed E-state index contributed by atoms with van der Waals surface area (Å²) in [5.74, 6) is 0. The van der Waals surface area contributed by atoms with E-state index in [2.05, 4.69) is 5.32 Å². The molecular weight excluding hydrogens is 200 g/mol. The Labute approximate surface area is 86.1 Å². The van der Waals surface area contributed by atoms with E-state index in [0.29, 0.717) is 17.2 Å². The molecule has 14 heavy (non-hydrogen) atoms. The number of carbonyl (C=O) groups excluding carboxylic acids is 1. The number of nitrogens with one attached hydrogen (secondary N) is 1. The molecule has 1 rings (SSSR count). The normalized spacial score (nSPS) is 9.21. The molecule has 0 spiro atoms. The first kappa shape index (κ1) is 10.5. The van der Waals surface area contributed by atoms with E-state index in [4.69, 9.17) is 10.00 Å². The lowest BCUT2D eigenvalue weighted by Gasteiger charge is -2.02. The largest absolute Gasteiger partial charge is 0.450 e. The summed E-state index contributed by atoms with van der Waals surface area (Å²) in [5.41, 5.74) is 1.37. The summed E-state index contributed by atoms with van der Waals surface area (Å²) >= 11 is 1.32. The Balaban J connectivity index is 2.77. The molecule has 0 radical (unpaired) electrons. The zero-order valence-electron chi connectivity index (χ0n) is 7.96. The zero-order chi connectivity index (χ0) is 10.6. The van der Waals surface area contributed by atoms with Crippen molar-refractivity contribution in [2.24, 2.45) is 0 Å². The summed E-state index contributed by atoms with van der Waals surface area (Å²) < 4.78 is 4.70. The van der Waals surface area contributed by atoms with Crippen LogP contribution in [0.5, 0.6) is 0 Å². The van der Waals surface area contributed by atoms with Gasteiger partial charge in [-0.25, -0.2) is 4.79 Å². The minimum Gasteiger partial charge on any atom is -0.450 e. The first-order chi connectivity index (χ1) is 6.69. The molecule has 0 saturated carbocycles. The molecule has 5 heteroatoms. The van der Waals surface area contributed by atoms with E-state index in [9.17, 15) is 4.79 Å². The fourth-order valence-corrected chi connectivity index (χ4v) is 1.81. The molecule has 74 valence electrons. The summed E-state index contributed by atoms with van der Waals surface area (Å²) in [7, 11) is 0. The van der Waals surface area contributed by atoms with Gasteiger partial charge in [-0.1, -0.05) is 0 Å². The van der Waals surface area contributed by atoms with Crippen molar-refractivity contribution in [2.75, 3.05) is 11.9 Å². The lowest BCUT2D eigenvalue weighted by atomic mass is 10.2. The van der Waals surface area contributed by atoms with Gasteiger partial charge in [0.25, 0.3) is 0 Å². The number of carbonyl (C=O) groups is 1. The Hall–Kier alpha value is -1.54. The van der Waals surface area contributed by atoms with Crippen LogP contribution in [0.25, 0.3) is 0 Å². The maximum atomic E-state index is 11.1.